The molecule has 0 aliphatic heterocycles. The van der Waals surface area contributed by atoms with Gasteiger partial charge in [0.2, 0.25) is 0 Å². The maximum Gasteiger partial charge on any atom is -0.0443 e. The van der Waals surface area contributed by atoms with Gasteiger partial charge in [0.25, 0.3) is 0 Å². The summed E-state index contributed by atoms with van der Waals surface area (Å²) in [4.78, 5) is 0. The third-order valence-corrected chi connectivity index (χ3v) is 1.37. The highest BCUT2D eigenvalue weighted by Gasteiger charge is 2.12. The van der Waals surface area contributed by atoms with E-state index in [-0.39, 0.29) is 0 Å². The number of rotatable bonds is 1. The highest BCUT2D eigenvalue weighted by Crippen LogP contribution is 2.26. The first-order chi connectivity index (χ1) is 5.81. The first kappa shape index (κ1) is 17.9. The summed E-state index contributed by atoms with van der Waals surface area (Å²) in [5.74, 6) is 1.08. The third kappa shape index (κ3) is 50.6. The molecule has 0 unspecified atom stereocenters. The molecule has 0 nitrogen and oxygen atoms in total. The van der Waals surface area contributed by atoms with Crippen molar-refractivity contribution in [1.82, 2.24) is 0 Å². The van der Waals surface area contributed by atoms with E-state index in [1.54, 1.807) is 0 Å². The standard InChI is InChI=1S/C4H8.C4H10.2C2H6/c1-4-2-3-4;1-3-4-2;2*1-2/h4H,2-3H2,1H3;3-4H2,1-2H3;2*1-2H3. The van der Waals surface area contributed by atoms with E-state index in [2.05, 4.69) is 20.8 Å². The van der Waals surface area contributed by atoms with Crippen molar-refractivity contribution in [2.45, 2.75) is 74.1 Å². The van der Waals surface area contributed by atoms with Gasteiger partial charge in [0.1, 0.15) is 0 Å². The summed E-state index contributed by atoms with van der Waals surface area (Å²) in [5.41, 5.74) is 0. The average molecular weight is 174 g/mol. The zero-order valence-corrected chi connectivity index (χ0v) is 10.4. The van der Waals surface area contributed by atoms with Crippen LogP contribution in [0.15, 0.2) is 0 Å². The molecule has 0 atom stereocenters. The van der Waals surface area contributed by atoms with E-state index in [0.717, 1.165) is 5.92 Å². The van der Waals surface area contributed by atoms with E-state index >= 15 is 0 Å². The Morgan fingerprint density at radius 1 is 0.833 bits per heavy atom. The van der Waals surface area contributed by atoms with Gasteiger partial charge in [-0.1, -0.05) is 74.1 Å². The quantitative estimate of drug-likeness (QED) is 0.507. The van der Waals surface area contributed by atoms with Crippen LogP contribution >= 0.6 is 0 Å². The summed E-state index contributed by atoms with van der Waals surface area (Å²) in [5, 5.41) is 0. The summed E-state index contributed by atoms with van der Waals surface area (Å²) in [6.45, 7) is 14.6. The minimum atomic E-state index is 1.08. The third-order valence-electron chi connectivity index (χ3n) is 1.37. The number of hydrogen-bond acceptors (Lipinski definition) is 0. The average Bonchev–Trinajstić information content (AvgIpc) is 2.95. The largest absolute Gasteiger partial charge is 0.0683 e. The second kappa shape index (κ2) is 22.4. The Hall–Kier alpha value is 0. The second-order valence-electron chi connectivity index (χ2n) is 2.68. The lowest BCUT2D eigenvalue weighted by atomic mass is 10.4. The Morgan fingerprint density at radius 3 is 1.00 bits per heavy atom. The fraction of sp³-hybridized carbons (Fsp3) is 1.00. The molecule has 0 aromatic rings. The molecule has 0 N–H and O–H groups in total. The molecule has 0 spiro atoms. The highest BCUT2D eigenvalue weighted by atomic mass is 14.2. The maximum absolute atomic E-state index is 2.28. The lowest BCUT2D eigenvalue weighted by molar-refractivity contribution is 0.886. The first-order valence-corrected chi connectivity index (χ1v) is 5.81. The molecular formula is C12H30. The van der Waals surface area contributed by atoms with Crippen LogP contribution in [0.3, 0.4) is 0 Å². The van der Waals surface area contributed by atoms with Gasteiger partial charge in [-0.05, 0) is 5.92 Å². The maximum atomic E-state index is 2.28. The van der Waals surface area contributed by atoms with Crippen molar-refractivity contribution in [3.05, 3.63) is 0 Å². The zero-order valence-electron chi connectivity index (χ0n) is 10.4. The monoisotopic (exact) mass is 174 g/mol. The summed E-state index contributed by atoms with van der Waals surface area (Å²) in [7, 11) is 0. The number of hydrogen-bond donors (Lipinski definition) is 0. The van der Waals surface area contributed by atoms with Crippen LogP contribution in [0.1, 0.15) is 74.1 Å². The Labute approximate surface area is 80.8 Å². The Bertz CT molecular complexity index is 33.3. The van der Waals surface area contributed by atoms with E-state index in [4.69, 9.17) is 0 Å². The topological polar surface area (TPSA) is 0 Å². The van der Waals surface area contributed by atoms with Crippen LogP contribution in [0.25, 0.3) is 0 Å². The molecular weight excluding hydrogens is 144 g/mol. The lowest BCUT2D eigenvalue weighted by Gasteiger charge is -1.68. The van der Waals surface area contributed by atoms with Crippen LogP contribution in [-0.2, 0) is 0 Å². The van der Waals surface area contributed by atoms with Gasteiger partial charge in [-0.2, -0.15) is 0 Å². The smallest absolute Gasteiger partial charge is 0.0443 e. The van der Waals surface area contributed by atoms with Crippen LogP contribution in [0.4, 0.5) is 0 Å². The highest BCUT2D eigenvalue weighted by molar-refractivity contribution is 4.65. The lowest BCUT2D eigenvalue weighted by Crippen LogP contribution is -1.47. The Balaban J connectivity index is -0.0000000967. The van der Waals surface area contributed by atoms with Crippen molar-refractivity contribution in [2.75, 3.05) is 0 Å². The van der Waals surface area contributed by atoms with Crippen LogP contribution < -0.4 is 0 Å². The molecule has 1 saturated carbocycles. The molecule has 78 valence electrons. The van der Waals surface area contributed by atoms with Crippen LogP contribution in [0.5, 0.6) is 0 Å². The molecule has 0 amide bonds. The van der Waals surface area contributed by atoms with Gasteiger partial charge < -0.3 is 0 Å². The molecule has 0 aromatic heterocycles. The zero-order chi connectivity index (χ0) is 10.4. The van der Waals surface area contributed by atoms with Crippen LogP contribution in [-0.4, -0.2) is 0 Å². The van der Waals surface area contributed by atoms with Gasteiger partial charge in [0, 0.05) is 0 Å². The Morgan fingerprint density at radius 2 is 1.00 bits per heavy atom. The summed E-state index contributed by atoms with van der Waals surface area (Å²) in [6, 6.07) is 0. The fourth-order valence-corrected chi connectivity index (χ4v) is 0.167. The van der Waals surface area contributed by atoms with E-state index < -0.39 is 0 Å². The van der Waals surface area contributed by atoms with Crippen LogP contribution in [0, 0.1) is 5.92 Å². The SMILES string of the molecule is CC.CC.CC1CC1.CCCC. The van der Waals surface area contributed by atoms with Gasteiger partial charge >= 0.3 is 0 Å². The first-order valence-electron chi connectivity index (χ1n) is 5.81. The van der Waals surface area contributed by atoms with Crippen molar-refractivity contribution >= 4 is 0 Å². The van der Waals surface area contributed by atoms with Crippen molar-refractivity contribution in [3.8, 4) is 0 Å². The van der Waals surface area contributed by atoms with Crippen LogP contribution in [0.2, 0.25) is 0 Å². The van der Waals surface area contributed by atoms with Crippen molar-refractivity contribution in [1.29, 1.82) is 0 Å². The molecule has 1 rings (SSSR count). The molecule has 0 heterocycles. The fourth-order valence-electron chi connectivity index (χ4n) is 0.167. The van der Waals surface area contributed by atoms with Gasteiger partial charge in [0.05, 0.1) is 0 Å². The molecule has 0 radical (unpaired) electrons. The number of unbranched alkanes of at least 4 members (excludes halogenated alkanes) is 1. The second-order valence-corrected chi connectivity index (χ2v) is 2.68. The van der Waals surface area contributed by atoms with Crippen molar-refractivity contribution < 1.29 is 0 Å². The molecule has 12 heavy (non-hydrogen) atoms. The van der Waals surface area contributed by atoms with Gasteiger partial charge in [-0.25, -0.2) is 0 Å². The van der Waals surface area contributed by atoms with E-state index in [1.807, 2.05) is 27.7 Å². The molecule has 0 bridgehead atoms. The minimum absolute atomic E-state index is 1.08. The molecule has 1 aliphatic rings. The summed E-state index contributed by atoms with van der Waals surface area (Å²) < 4.78 is 0. The van der Waals surface area contributed by atoms with Gasteiger partial charge in [-0.15, -0.1) is 0 Å². The van der Waals surface area contributed by atoms with E-state index in [1.165, 1.54) is 25.7 Å². The summed E-state index contributed by atoms with van der Waals surface area (Å²) >= 11 is 0. The molecule has 1 aliphatic carbocycles. The summed E-state index contributed by atoms with van der Waals surface area (Å²) in [6.07, 6.45) is 5.61. The molecule has 0 aromatic carbocycles. The molecule has 1 fully saturated rings. The van der Waals surface area contributed by atoms with Crippen molar-refractivity contribution in [2.24, 2.45) is 5.92 Å². The van der Waals surface area contributed by atoms with E-state index in [9.17, 15) is 0 Å². The minimum Gasteiger partial charge on any atom is -0.0683 e. The Kier molecular flexibility index (Phi) is 33.5. The molecule has 0 saturated heterocycles. The molecule has 0 heteroatoms. The predicted molar refractivity (Wildman–Crippen MR) is 61.7 cm³/mol. The van der Waals surface area contributed by atoms with E-state index in [0.29, 0.717) is 0 Å². The van der Waals surface area contributed by atoms with Gasteiger partial charge in [0.15, 0.2) is 0 Å². The predicted octanol–water partition coefficient (Wildman–Crippen LogP) is 5.28. The van der Waals surface area contributed by atoms with Crippen molar-refractivity contribution in [3.63, 3.8) is 0 Å². The normalized spacial score (nSPS) is 12.2. The van der Waals surface area contributed by atoms with Gasteiger partial charge in [-0.3, -0.25) is 0 Å².